The summed E-state index contributed by atoms with van der Waals surface area (Å²) in [5, 5.41) is 0. The van der Waals surface area contributed by atoms with Gasteiger partial charge in [0.25, 0.3) is 0 Å². The van der Waals surface area contributed by atoms with Crippen LogP contribution in [0.4, 0.5) is 0 Å². The number of carbonyl (C=O) groups is 1. The van der Waals surface area contributed by atoms with Gasteiger partial charge < -0.3 is 4.74 Å². The molecule has 19 heavy (non-hydrogen) atoms. The van der Waals surface area contributed by atoms with Crippen molar-refractivity contribution in [1.29, 1.82) is 0 Å². The van der Waals surface area contributed by atoms with E-state index in [4.69, 9.17) is 4.74 Å². The Balaban J connectivity index is 1.98. The van der Waals surface area contributed by atoms with E-state index in [0.717, 1.165) is 17.7 Å². The van der Waals surface area contributed by atoms with E-state index in [1.165, 1.54) is 12.0 Å². The Morgan fingerprint density at radius 3 is 2.47 bits per heavy atom. The van der Waals surface area contributed by atoms with Crippen molar-refractivity contribution in [2.75, 3.05) is 12.9 Å². The number of hydrogen-bond acceptors (Lipinski definition) is 3. The number of thioether (sulfide) groups is 1. The molecular weight excluding hydrogens is 256 g/mol. The van der Waals surface area contributed by atoms with Crippen LogP contribution in [0.2, 0.25) is 0 Å². The monoisotopic (exact) mass is 272 g/mol. The lowest BCUT2D eigenvalue weighted by Gasteiger charge is -2.07. The SMILES string of the molecule is COC(=O)c1ccccc1CCSc1ccccc1. The fraction of sp³-hybridized carbons (Fsp3) is 0.188. The molecule has 0 aliphatic heterocycles. The molecule has 0 unspecified atom stereocenters. The molecule has 0 heterocycles. The second kappa shape index (κ2) is 7.00. The lowest BCUT2D eigenvalue weighted by Crippen LogP contribution is -2.06. The summed E-state index contributed by atoms with van der Waals surface area (Å²) in [6, 6.07) is 17.9. The maximum absolute atomic E-state index is 11.6. The molecule has 2 rings (SSSR count). The van der Waals surface area contributed by atoms with E-state index in [1.807, 2.05) is 42.5 Å². The van der Waals surface area contributed by atoms with Gasteiger partial charge in [0, 0.05) is 10.6 Å². The summed E-state index contributed by atoms with van der Waals surface area (Å²) in [6.45, 7) is 0. The van der Waals surface area contributed by atoms with Crippen LogP contribution in [0.25, 0.3) is 0 Å². The predicted molar refractivity (Wildman–Crippen MR) is 78.7 cm³/mol. The lowest BCUT2D eigenvalue weighted by molar-refractivity contribution is 0.0599. The number of ether oxygens (including phenoxy) is 1. The van der Waals surface area contributed by atoms with Crippen LogP contribution >= 0.6 is 11.8 Å². The van der Waals surface area contributed by atoms with Crippen molar-refractivity contribution in [3.63, 3.8) is 0 Å². The van der Waals surface area contributed by atoms with Crippen LogP contribution in [0.3, 0.4) is 0 Å². The molecule has 3 heteroatoms. The first-order valence-electron chi connectivity index (χ1n) is 6.15. The third-order valence-corrected chi connectivity index (χ3v) is 3.82. The summed E-state index contributed by atoms with van der Waals surface area (Å²) in [5.41, 5.74) is 1.71. The molecule has 0 aliphatic carbocycles. The molecule has 0 bridgehead atoms. The molecule has 0 N–H and O–H groups in total. The van der Waals surface area contributed by atoms with Gasteiger partial charge in [-0.05, 0) is 30.2 Å². The third kappa shape index (κ3) is 3.86. The fourth-order valence-corrected chi connectivity index (χ4v) is 2.75. The average molecular weight is 272 g/mol. The van der Waals surface area contributed by atoms with E-state index in [-0.39, 0.29) is 5.97 Å². The number of rotatable bonds is 5. The summed E-state index contributed by atoms with van der Waals surface area (Å²) in [7, 11) is 1.41. The van der Waals surface area contributed by atoms with E-state index in [1.54, 1.807) is 11.8 Å². The van der Waals surface area contributed by atoms with E-state index in [0.29, 0.717) is 5.56 Å². The summed E-state index contributed by atoms with van der Waals surface area (Å²) in [5.74, 6) is 0.679. The summed E-state index contributed by atoms with van der Waals surface area (Å²) < 4.78 is 4.80. The maximum Gasteiger partial charge on any atom is 0.338 e. The van der Waals surface area contributed by atoms with Gasteiger partial charge in [0.2, 0.25) is 0 Å². The van der Waals surface area contributed by atoms with Crippen molar-refractivity contribution in [3.8, 4) is 0 Å². The molecule has 98 valence electrons. The van der Waals surface area contributed by atoms with Gasteiger partial charge in [-0.1, -0.05) is 36.4 Å². The van der Waals surface area contributed by atoms with Crippen molar-refractivity contribution in [1.82, 2.24) is 0 Å². The fourth-order valence-electron chi connectivity index (χ4n) is 1.84. The molecule has 0 saturated carbocycles. The molecule has 2 nitrogen and oxygen atoms in total. The highest BCUT2D eigenvalue weighted by Gasteiger charge is 2.10. The topological polar surface area (TPSA) is 26.3 Å². The maximum atomic E-state index is 11.6. The van der Waals surface area contributed by atoms with E-state index >= 15 is 0 Å². The third-order valence-electron chi connectivity index (χ3n) is 2.81. The van der Waals surface area contributed by atoms with Gasteiger partial charge in [-0.25, -0.2) is 4.79 Å². The molecule has 2 aromatic carbocycles. The summed E-state index contributed by atoms with van der Waals surface area (Å²) >= 11 is 1.79. The Hall–Kier alpha value is -1.74. The minimum atomic E-state index is -0.264. The molecule has 0 fully saturated rings. The molecule has 2 aromatic rings. The quantitative estimate of drug-likeness (QED) is 0.611. The molecule has 0 atom stereocenters. The average Bonchev–Trinajstić information content (AvgIpc) is 2.48. The van der Waals surface area contributed by atoms with E-state index in [2.05, 4.69) is 12.1 Å². The van der Waals surface area contributed by atoms with Crippen molar-refractivity contribution >= 4 is 17.7 Å². The Bertz CT molecular complexity index is 537. The van der Waals surface area contributed by atoms with Crippen LogP contribution in [-0.2, 0) is 11.2 Å². The van der Waals surface area contributed by atoms with E-state index in [9.17, 15) is 4.79 Å². The number of benzene rings is 2. The first-order valence-corrected chi connectivity index (χ1v) is 7.14. The zero-order chi connectivity index (χ0) is 13.5. The minimum absolute atomic E-state index is 0.264. The van der Waals surface area contributed by atoms with Crippen molar-refractivity contribution < 1.29 is 9.53 Å². The van der Waals surface area contributed by atoms with Gasteiger partial charge >= 0.3 is 5.97 Å². The highest BCUT2D eigenvalue weighted by Crippen LogP contribution is 2.20. The molecule has 0 spiro atoms. The smallest absolute Gasteiger partial charge is 0.338 e. The molecule has 0 aromatic heterocycles. The Labute approximate surface area is 117 Å². The Morgan fingerprint density at radius 1 is 1.05 bits per heavy atom. The Kier molecular flexibility index (Phi) is 5.04. The standard InChI is InChI=1S/C16H16O2S/c1-18-16(17)15-10-6-5-7-13(15)11-12-19-14-8-3-2-4-9-14/h2-10H,11-12H2,1H3. The van der Waals surface area contributed by atoms with Gasteiger partial charge in [-0.3, -0.25) is 0 Å². The largest absolute Gasteiger partial charge is 0.465 e. The van der Waals surface area contributed by atoms with E-state index < -0.39 is 0 Å². The first kappa shape index (κ1) is 13.7. The summed E-state index contributed by atoms with van der Waals surface area (Å²) in [4.78, 5) is 12.9. The van der Waals surface area contributed by atoms with Crippen molar-refractivity contribution in [3.05, 3.63) is 65.7 Å². The van der Waals surface area contributed by atoms with Crippen LogP contribution < -0.4 is 0 Å². The number of esters is 1. The van der Waals surface area contributed by atoms with Gasteiger partial charge in [0.1, 0.15) is 0 Å². The highest BCUT2D eigenvalue weighted by atomic mass is 32.2. The molecule has 0 saturated heterocycles. The molecular formula is C16H16O2S. The van der Waals surface area contributed by atoms with Gasteiger partial charge in [0.05, 0.1) is 12.7 Å². The number of aryl methyl sites for hydroxylation is 1. The van der Waals surface area contributed by atoms with Crippen molar-refractivity contribution in [2.45, 2.75) is 11.3 Å². The predicted octanol–water partition coefficient (Wildman–Crippen LogP) is 3.81. The molecule has 0 amide bonds. The highest BCUT2D eigenvalue weighted by molar-refractivity contribution is 7.99. The van der Waals surface area contributed by atoms with Crippen LogP contribution in [0.15, 0.2) is 59.5 Å². The van der Waals surface area contributed by atoms with Crippen LogP contribution in [0.1, 0.15) is 15.9 Å². The number of methoxy groups -OCH3 is 1. The number of hydrogen-bond donors (Lipinski definition) is 0. The summed E-state index contributed by atoms with van der Waals surface area (Å²) in [6.07, 6.45) is 0.852. The molecule has 0 radical (unpaired) electrons. The van der Waals surface area contributed by atoms with Crippen LogP contribution in [-0.4, -0.2) is 18.8 Å². The Morgan fingerprint density at radius 2 is 1.74 bits per heavy atom. The van der Waals surface area contributed by atoms with Gasteiger partial charge in [0.15, 0.2) is 0 Å². The minimum Gasteiger partial charge on any atom is -0.465 e. The zero-order valence-corrected chi connectivity index (χ0v) is 11.7. The molecule has 0 aliphatic rings. The van der Waals surface area contributed by atoms with Crippen LogP contribution in [0.5, 0.6) is 0 Å². The zero-order valence-electron chi connectivity index (χ0n) is 10.8. The van der Waals surface area contributed by atoms with Crippen LogP contribution in [0, 0.1) is 0 Å². The van der Waals surface area contributed by atoms with Gasteiger partial charge in [-0.15, -0.1) is 11.8 Å². The first-order chi connectivity index (χ1) is 9.31. The second-order valence-electron chi connectivity index (χ2n) is 4.06. The second-order valence-corrected chi connectivity index (χ2v) is 5.23. The van der Waals surface area contributed by atoms with Gasteiger partial charge in [-0.2, -0.15) is 0 Å². The normalized spacial score (nSPS) is 10.2. The number of carbonyl (C=O) groups excluding carboxylic acids is 1. The lowest BCUT2D eigenvalue weighted by atomic mass is 10.1. The van der Waals surface area contributed by atoms with Crippen molar-refractivity contribution in [2.24, 2.45) is 0 Å².